The summed E-state index contributed by atoms with van der Waals surface area (Å²) in [6.07, 6.45) is 5.49. The highest BCUT2D eigenvalue weighted by Crippen LogP contribution is 2.21. The van der Waals surface area contributed by atoms with Gasteiger partial charge in [0.15, 0.2) is 0 Å². The molecule has 0 fully saturated rings. The van der Waals surface area contributed by atoms with Crippen LogP contribution < -0.4 is 4.74 Å². The first-order valence-corrected chi connectivity index (χ1v) is 5.97. The van der Waals surface area contributed by atoms with E-state index in [9.17, 15) is 0 Å². The minimum Gasteiger partial charge on any atom is -0.481 e. The predicted octanol–water partition coefficient (Wildman–Crippen LogP) is 2.94. The molecule has 0 aliphatic carbocycles. The van der Waals surface area contributed by atoms with E-state index in [0.29, 0.717) is 5.88 Å². The first-order valence-electron chi connectivity index (χ1n) is 5.97. The van der Waals surface area contributed by atoms with E-state index in [1.54, 1.807) is 19.5 Å². The largest absolute Gasteiger partial charge is 0.481 e. The second-order valence-electron chi connectivity index (χ2n) is 4.05. The summed E-state index contributed by atoms with van der Waals surface area (Å²) in [7, 11) is 1.60. The maximum atomic E-state index is 5.06. The number of para-hydroxylation sites is 1. The van der Waals surface area contributed by atoms with Crippen LogP contribution in [0, 0.1) is 0 Å². The van der Waals surface area contributed by atoms with Crippen LogP contribution in [0.25, 0.3) is 17.1 Å². The van der Waals surface area contributed by atoms with E-state index >= 15 is 0 Å². The molecule has 0 spiro atoms. The lowest BCUT2D eigenvalue weighted by Gasteiger charge is -2.07. The van der Waals surface area contributed by atoms with Gasteiger partial charge in [0.2, 0.25) is 5.88 Å². The van der Waals surface area contributed by atoms with Gasteiger partial charge < -0.3 is 4.74 Å². The summed E-state index contributed by atoms with van der Waals surface area (Å²) < 4.78 is 7.09. The van der Waals surface area contributed by atoms with Crippen LogP contribution in [-0.2, 0) is 0 Å². The van der Waals surface area contributed by atoms with Gasteiger partial charge in [-0.2, -0.15) is 0 Å². The van der Waals surface area contributed by atoms with Crippen LogP contribution in [0.2, 0.25) is 0 Å². The Hall–Kier alpha value is -2.62. The average Bonchev–Trinajstić information content (AvgIpc) is 2.98. The van der Waals surface area contributed by atoms with Gasteiger partial charge in [-0.1, -0.05) is 18.2 Å². The summed E-state index contributed by atoms with van der Waals surface area (Å²) in [5.41, 5.74) is 2.03. The van der Waals surface area contributed by atoms with Crippen LogP contribution in [-0.4, -0.2) is 21.6 Å². The number of benzene rings is 1. The van der Waals surface area contributed by atoms with Crippen LogP contribution in [0.5, 0.6) is 5.88 Å². The van der Waals surface area contributed by atoms with Crippen molar-refractivity contribution in [3.05, 3.63) is 61.1 Å². The number of hydrogen-bond acceptors (Lipinski definition) is 3. The van der Waals surface area contributed by atoms with E-state index in [-0.39, 0.29) is 0 Å². The van der Waals surface area contributed by atoms with Crippen molar-refractivity contribution in [3.63, 3.8) is 0 Å². The van der Waals surface area contributed by atoms with Crippen molar-refractivity contribution in [2.24, 2.45) is 0 Å². The van der Waals surface area contributed by atoms with E-state index in [1.807, 2.05) is 53.2 Å². The molecule has 0 N–H and O–H groups in total. The Labute approximate surface area is 111 Å². The molecule has 3 aromatic rings. The molecule has 0 unspecified atom stereocenters. The van der Waals surface area contributed by atoms with Gasteiger partial charge in [0, 0.05) is 35.9 Å². The third kappa shape index (κ3) is 2.20. The highest BCUT2D eigenvalue weighted by molar-refractivity contribution is 5.58. The molecule has 0 saturated heterocycles. The molecular weight excluding hydrogens is 238 g/mol. The van der Waals surface area contributed by atoms with E-state index in [4.69, 9.17) is 4.74 Å². The number of rotatable bonds is 3. The van der Waals surface area contributed by atoms with Gasteiger partial charge in [0.25, 0.3) is 0 Å². The normalized spacial score (nSPS) is 10.4. The zero-order valence-corrected chi connectivity index (χ0v) is 10.5. The first kappa shape index (κ1) is 11.5. The Morgan fingerprint density at radius 1 is 1.00 bits per heavy atom. The van der Waals surface area contributed by atoms with Crippen LogP contribution >= 0.6 is 0 Å². The lowest BCUT2D eigenvalue weighted by atomic mass is 10.2. The molecule has 94 valence electrons. The Morgan fingerprint density at radius 2 is 1.84 bits per heavy atom. The van der Waals surface area contributed by atoms with Crippen LogP contribution in [0.1, 0.15) is 0 Å². The van der Waals surface area contributed by atoms with Gasteiger partial charge in [-0.15, -0.1) is 0 Å². The SMILES string of the molecule is COc1ccc(-c2nccn2-c2ccccc2)cn1. The fraction of sp³-hybridized carbons (Fsp3) is 0.0667. The Morgan fingerprint density at radius 3 is 2.53 bits per heavy atom. The van der Waals surface area contributed by atoms with E-state index in [0.717, 1.165) is 17.1 Å². The molecule has 2 heterocycles. The van der Waals surface area contributed by atoms with Gasteiger partial charge in [-0.05, 0) is 18.2 Å². The van der Waals surface area contributed by atoms with Gasteiger partial charge >= 0.3 is 0 Å². The van der Waals surface area contributed by atoms with Crippen molar-refractivity contribution >= 4 is 0 Å². The van der Waals surface area contributed by atoms with Crippen molar-refractivity contribution in [1.82, 2.24) is 14.5 Å². The van der Waals surface area contributed by atoms with Crippen LogP contribution in [0.3, 0.4) is 0 Å². The first-order chi connectivity index (χ1) is 9.38. The summed E-state index contributed by atoms with van der Waals surface area (Å²) in [5, 5.41) is 0. The van der Waals surface area contributed by atoms with E-state index < -0.39 is 0 Å². The Bertz CT molecular complexity index is 659. The van der Waals surface area contributed by atoms with Crippen molar-refractivity contribution in [2.45, 2.75) is 0 Å². The second-order valence-corrected chi connectivity index (χ2v) is 4.05. The van der Waals surface area contributed by atoms with Crippen molar-refractivity contribution < 1.29 is 4.74 Å². The standard InChI is InChI=1S/C15H13N3O/c1-19-14-8-7-12(11-17-14)15-16-9-10-18(15)13-5-3-2-4-6-13/h2-11H,1H3. The molecule has 0 aliphatic heterocycles. The van der Waals surface area contributed by atoms with Gasteiger partial charge in [-0.3, -0.25) is 4.57 Å². The number of aromatic nitrogens is 3. The molecule has 0 saturated carbocycles. The molecule has 0 aliphatic rings. The van der Waals surface area contributed by atoms with Crippen molar-refractivity contribution in [1.29, 1.82) is 0 Å². The smallest absolute Gasteiger partial charge is 0.212 e. The summed E-state index contributed by atoms with van der Waals surface area (Å²) in [4.78, 5) is 8.61. The highest BCUT2D eigenvalue weighted by atomic mass is 16.5. The van der Waals surface area contributed by atoms with Crippen LogP contribution in [0.4, 0.5) is 0 Å². The third-order valence-electron chi connectivity index (χ3n) is 2.88. The fourth-order valence-electron chi connectivity index (χ4n) is 1.95. The predicted molar refractivity (Wildman–Crippen MR) is 73.3 cm³/mol. The van der Waals surface area contributed by atoms with Crippen molar-refractivity contribution in [3.8, 4) is 23.0 Å². The number of hydrogen-bond donors (Lipinski definition) is 0. The molecule has 4 nitrogen and oxygen atoms in total. The second kappa shape index (κ2) is 4.94. The van der Waals surface area contributed by atoms with Crippen molar-refractivity contribution in [2.75, 3.05) is 7.11 Å². The number of nitrogens with zero attached hydrogens (tertiary/aromatic N) is 3. The number of ether oxygens (including phenoxy) is 1. The number of methoxy groups -OCH3 is 1. The highest BCUT2D eigenvalue weighted by Gasteiger charge is 2.07. The molecule has 19 heavy (non-hydrogen) atoms. The Balaban J connectivity index is 2.04. The van der Waals surface area contributed by atoms with Gasteiger partial charge in [0.1, 0.15) is 5.82 Å². The Kier molecular flexibility index (Phi) is 2.98. The van der Waals surface area contributed by atoms with Gasteiger partial charge in [-0.25, -0.2) is 9.97 Å². The molecule has 1 aromatic carbocycles. The maximum Gasteiger partial charge on any atom is 0.212 e. The maximum absolute atomic E-state index is 5.06. The minimum atomic E-state index is 0.599. The quantitative estimate of drug-likeness (QED) is 0.718. The summed E-state index contributed by atoms with van der Waals surface area (Å²) in [6.45, 7) is 0. The van der Waals surface area contributed by atoms with E-state index in [1.165, 1.54) is 0 Å². The fourth-order valence-corrected chi connectivity index (χ4v) is 1.95. The molecule has 0 bridgehead atoms. The zero-order chi connectivity index (χ0) is 13.1. The zero-order valence-electron chi connectivity index (χ0n) is 10.5. The number of pyridine rings is 1. The van der Waals surface area contributed by atoms with Gasteiger partial charge in [0.05, 0.1) is 7.11 Å². The monoisotopic (exact) mass is 251 g/mol. The molecule has 4 heteroatoms. The minimum absolute atomic E-state index is 0.599. The summed E-state index contributed by atoms with van der Waals surface area (Å²) in [5.74, 6) is 1.46. The molecule has 2 aromatic heterocycles. The molecule has 0 atom stereocenters. The summed E-state index contributed by atoms with van der Waals surface area (Å²) in [6, 6.07) is 13.9. The van der Waals surface area contributed by atoms with Crippen LogP contribution in [0.15, 0.2) is 61.1 Å². The topological polar surface area (TPSA) is 39.9 Å². The molecular formula is C15H13N3O. The lowest BCUT2D eigenvalue weighted by Crippen LogP contribution is -1.96. The lowest BCUT2D eigenvalue weighted by molar-refractivity contribution is 0.398. The summed E-state index contributed by atoms with van der Waals surface area (Å²) >= 11 is 0. The third-order valence-corrected chi connectivity index (χ3v) is 2.88. The van der Waals surface area contributed by atoms with E-state index in [2.05, 4.69) is 9.97 Å². The number of imidazole rings is 1. The molecule has 0 radical (unpaired) electrons. The average molecular weight is 251 g/mol. The molecule has 3 rings (SSSR count). The molecule has 0 amide bonds.